The zero-order valence-electron chi connectivity index (χ0n) is 8.00. The average molecular weight is 165 g/mol. The van der Waals surface area contributed by atoms with Crippen molar-refractivity contribution in [3.05, 3.63) is 0 Å². The summed E-state index contributed by atoms with van der Waals surface area (Å²) in [6.07, 6.45) is 7.69. The number of piperidine rings is 1. The fraction of sp³-hybridized carbons (Fsp3) is 1.00. The highest BCUT2D eigenvalue weighted by molar-refractivity contribution is 4.97. The van der Waals surface area contributed by atoms with E-state index in [-0.39, 0.29) is 0 Å². The van der Waals surface area contributed by atoms with Crippen molar-refractivity contribution in [2.24, 2.45) is 17.8 Å². The van der Waals surface area contributed by atoms with Crippen molar-refractivity contribution in [2.45, 2.75) is 38.1 Å². The van der Waals surface area contributed by atoms with E-state index in [1.807, 2.05) is 0 Å². The molecule has 68 valence electrons. The Labute approximate surface area is 75.1 Å². The fourth-order valence-corrected chi connectivity index (χ4v) is 3.95. The zero-order chi connectivity index (χ0) is 8.13. The minimum absolute atomic E-state index is 0.975. The second kappa shape index (κ2) is 2.47. The molecule has 0 aromatic rings. The molecule has 1 nitrogen and oxygen atoms in total. The Bertz CT molecular complexity index is 189. The van der Waals surface area contributed by atoms with E-state index < -0.39 is 0 Å². The third-order valence-electron chi connectivity index (χ3n) is 4.69. The molecule has 3 aliphatic rings. The minimum atomic E-state index is 0.975. The summed E-state index contributed by atoms with van der Waals surface area (Å²) in [5, 5.41) is 0. The molecule has 3 rings (SSSR count). The van der Waals surface area contributed by atoms with E-state index in [0.29, 0.717) is 0 Å². The Morgan fingerprint density at radius 1 is 0.917 bits per heavy atom. The lowest BCUT2D eigenvalue weighted by Gasteiger charge is -2.45. The Kier molecular flexibility index (Phi) is 1.52. The Hall–Kier alpha value is -0.0400. The summed E-state index contributed by atoms with van der Waals surface area (Å²) < 4.78 is 0. The van der Waals surface area contributed by atoms with E-state index in [4.69, 9.17) is 0 Å². The van der Waals surface area contributed by atoms with Crippen molar-refractivity contribution in [1.82, 2.24) is 4.90 Å². The number of rotatable bonds is 0. The molecule has 4 atom stereocenters. The summed E-state index contributed by atoms with van der Waals surface area (Å²) in [5.41, 5.74) is 0. The van der Waals surface area contributed by atoms with Crippen LogP contribution in [0.1, 0.15) is 32.1 Å². The first kappa shape index (κ1) is 7.37. The number of nitrogens with zero attached hydrogens (tertiary/aromatic N) is 1. The minimum Gasteiger partial charge on any atom is -0.303 e. The molecule has 4 bridgehead atoms. The van der Waals surface area contributed by atoms with Gasteiger partial charge in [-0.25, -0.2) is 0 Å². The Morgan fingerprint density at radius 3 is 2.58 bits per heavy atom. The van der Waals surface area contributed by atoms with Crippen LogP contribution in [0.15, 0.2) is 0 Å². The molecule has 12 heavy (non-hydrogen) atoms. The van der Waals surface area contributed by atoms with Gasteiger partial charge in [0.2, 0.25) is 0 Å². The van der Waals surface area contributed by atoms with Crippen molar-refractivity contribution in [3.63, 3.8) is 0 Å². The zero-order valence-corrected chi connectivity index (χ0v) is 8.00. The molecule has 1 aliphatic heterocycles. The standard InChI is InChI=1S/C11H19N/c1-12-5-4-9-7-11(12)10-3-2-8(9)6-10/h8-11H,2-7H2,1H3. The van der Waals surface area contributed by atoms with E-state index in [1.54, 1.807) is 12.8 Å². The predicted octanol–water partition coefficient (Wildman–Crippen LogP) is 2.13. The maximum absolute atomic E-state index is 2.63. The lowest BCUT2D eigenvalue weighted by atomic mass is 9.72. The molecule has 0 aromatic carbocycles. The van der Waals surface area contributed by atoms with E-state index >= 15 is 0 Å². The predicted molar refractivity (Wildman–Crippen MR) is 50.0 cm³/mol. The van der Waals surface area contributed by atoms with Gasteiger partial charge in [0.25, 0.3) is 0 Å². The van der Waals surface area contributed by atoms with Crippen molar-refractivity contribution in [1.29, 1.82) is 0 Å². The highest BCUT2D eigenvalue weighted by atomic mass is 15.1. The summed E-state index contributed by atoms with van der Waals surface area (Å²) in [7, 11) is 2.33. The highest BCUT2D eigenvalue weighted by Gasteiger charge is 2.45. The first-order valence-electron chi connectivity index (χ1n) is 5.55. The normalized spacial score (nSPS) is 52.8. The second-order valence-electron chi connectivity index (χ2n) is 5.17. The summed E-state index contributed by atoms with van der Waals surface area (Å²) in [6.45, 7) is 1.38. The first-order chi connectivity index (χ1) is 5.84. The lowest BCUT2D eigenvalue weighted by Crippen LogP contribution is -2.47. The van der Waals surface area contributed by atoms with Crippen LogP contribution in [-0.4, -0.2) is 24.5 Å². The van der Waals surface area contributed by atoms with Gasteiger partial charge in [0.1, 0.15) is 0 Å². The molecule has 1 heterocycles. The molecule has 2 aliphatic carbocycles. The van der Waals surface area contributed by atoms with Crippen molar-refractivity contribution in [2.75, 3.05) is 13.6 Å². The van der Waals surface area contributed by atoms with Gasteiger partial charge in [0.05, 0.1) is 0 Å². The average Bonchev–Trinajstić information content (AvgIpc) is 2.50. The molecule has 1 saturated heterocycles. The SMILES string of the molecule is CN1CCC2CC1C1CCC2C1. The van der Waals surface area contributed by atoms with Gasteiger partial charge in [-0.2, -0.15) is 0 Å². The Balaban J connectivity index is 1.88. The maximum atomic E-state index is 2.63. The topological polar surface area (TPSA) is 3.24 Å². The van der Waals surface area contributed by atoms with E-state index in [1.165, 1.54) is 25.8 Å². The maximum Gasteiger partial charge on any atom is 0.0123 e. The molecular formula is C11H19N. The second-order valence-corrected chi connectivity index (χ2v) is 5.17. The molecule has 2 saturated carbocycles. The van der Waals surface area contributed by atoms with E-state index in [2.05, 4.69) is 11.9 Å². The van der Waals surface area contributed by atoms with Crippen LogP contribution in [0.25, 0.3) is 0 Å². The fourth-order valence-electron chi connectivity index (χ4n) is 3.95. The van der Waals surface area contributed by atoms with Gasteiger partial charge >= 0.3 is 0 Å². The van der Waals surface area contributed by atoms with Crippen LogP contribution in [0.4, 0.5) is 0 Å². The van der Waals surface area contributed by atoms with Gasteiger partial charge in [-0.1, -0.05) is 0 Å². The summed E-state index contributed by atoms with van der Waals surface area (Å²) in [6, 6.07) is 0.975. The van der Waals surface area contributed by atoms with Crippen LogP contribution in [0.5, 0.6) is 0 Å². The van der Waals surface area contributed by atoms with Crippen molar-refractivity contribution < 1.29 is 0 Å². The molecule has 0 amide bonds. The molecule has 4 unspecified atom stereocenters. The van der Waals surface area contributed by atoms with Gasteiger partial charge < -0.3 is 4.90 Å². The molecule has 0 N–H and O–H groups in total. The number of hydrogen-bond donors (Lipinski definition) is 0. The van der Waals surface area contributed by atoms with E-state index in [9.17, 15) is 0 Å². The largest absolute Gasteiger partial charge is 0.303 e. The van der Waals surface area contributed by atoms with E-state index in [0.717, 1.165) is 23.8 Å². The van der Waals surface area contributed by atoms with Crippen LogP contribution in [0.3, 0.4) is 0 Å². The van der Waals surface area contributed by atoms with Crippen LogP contribution >= 0.6 is 0 Å². The summed E-state index contributed by atoms with van der Waals surface area (Å²) in [4.78, 5) is 2.63. The van der Waals surface area contributed by atoms with Crippen molar-refractivity contribution in [3.8, 4) is 0 Å². The highest BCUT2D eigenvalue weighted by Crippen LogP contribution is 2.50. The molecule has 1 heteroatoms. The van der Waals surface area contributed by atoms with Crippen LogP contribution < -0.4 is 0 Å². The molecule has 0 radical (unpaired) electrons. The van der Waals surface area contributed by atoms with Gasteiger partial charge in [-0.05, 0) is 63.5 Å². The number of hydrogen-bond acceptors (Lipinski definition) is 1. The Morgan fingerprint density at radius 2 is 1.67 bits per heavy atom. The van der Waals surface area contributed by atoms with Gasteiger partial charge in [0, 0.05) is 6.04 Å². The monoisotopic (exact) mass is 165 g/mol. The van der Waals surface area contributed by atoms with Gasteiger partial charge in [-0.15, -0.1) is 0 Å². The summed E-state index contributed by atoms with van der Waals surface area (Å²) >= 11 is 0. The van der Waals surface area contributed by atoms with Gasteiger partial charge in [-0.3, -0.25) is 0 Å². The molecule has 0 spiro atoms. The summed E-state index contributed by atoms with van der Waals surface area (Å²) in [5.74, 6) is 3.33. The molecule has 3 fully saturated rings. The molecule has 0 aromatic heterocycles. The quantitative estimate of drug-likeness (QED) is 0.531. The van der Waals surface area contributed by atoms with Crippen LogP contribution in [0, 0.1) is 17.8 Å². The van der Waals surface area contributed by atoms with Crippen LogP contribution in [-0.2, 0) is 0 Å². The number of fused-ring (bicyclic) bond motifs is 6. The molecular weight excluding hydrogens is 146 g/mol. The third kappa shape index (κ3) is 0.891. The van der Waals surface area contributed by atoms with Gasteiger partial charge in [0.15, 0.2) is 0 Å². The number of likely N-dealkylation sites (tertiary alicyclic amines) is 1. The smallest absolute Gasteiger partial charge is 0.0123 e. The third-order valence-corrected chi connectivity index (χ3v) is 4.69. The lowest BCUT2D eigenvalue weighted by molar-refractivity contribution is 0.0461. The first-order valence-corrected chi connectivity index (χ1v) is 5.55. The van der Waals surface area contributed by atoms with Crippen LogP contribution in [0.2, 0.25) is 0 Å². The van der Waals surface area contributed by atoms with Crippen molar-refractivity contribution >= 4 is 0 Å².